The lowest BCUT2D eigenvalue weighted by atomic mass is 10.3. The highest BCUT2D eigenvalue weighted by Crippen LogP contribution is 2.18. The van der Waals surface area contributed by atoms with Crippen LogP contribution in [0.1, 0.15) is 0 Å². The minimum Gasteiger partial charge on any atom is -0.456 e. The van der Waals surface area contributed by atoms with Crippen molar-refractivity contribution >= 4 is 22.5 Å². The van der Waals surface area contributed by atoms with Crippen molar-refractivity contribution in [3.8, 4) is 5.75 Å². The molecular weight excluding hydrogens is 238 g/mol. The third-order valence-corrected chi connectivity index (χ3v) is 1.87. The van der Waals surface area contributed by atoms with E-state index in [1.54, 1.807) is 0 Å². The zero-order chi connectivity index (χ0) is 12.1. The molecule has 0 aliphatic heterocycles. The number of benzene rings is 1. The number of carbonyl (C=O) groups excluding carboxylic acids is 1. The van der Waals surface area contributed by atoms with Crippen LogP contribution in [0.15, 0.2) is 24.3 Å². The molecule has 0 aliphatic carbocycles. The van der Waals surface area contributed by atoms with Crippen LogP contribution in [0.3, 0.4) is 0 Å². The summed E-state index contributed by atoms with van der Waals surface area (Å²) in [6.45, 7) is 0. The first-order chi connectivity index (χ1) is 7.54. The molecule has 0 fully saturated rings. The van der Waals surface area contributed by atoms with Crippen LogP contribution in [-0.4, -0.2) is 23.6 Å². The molecule has 16 heavy (non-hydrogen) atoms. The Kier molecular flexibility index (Phi) is 4.21. The molecule has 6 nitrogen and oxygen atoms in total. The van der Waals surface area contributed by atoms with E-state index in [-0.39, 0.29) is 11.4 Å². The van der Waals surface area contributed by atoms with Crippen LogP contribution >= 0.6 is 11.6 Å². The second kappa shape index (κ2) is 5.43. The Hall–Kier alpha value is -1.66. The van der Waals surface area contributed by atoms with Crippen molar-refractivity contribution in [3.63, 3.8) is 0 Å². The summed E-state index contributed by atoms with van der Waals surface area (Å²) in [5, 5.41) is 9.56. The Morgan fingerprint density at radius 2 is 2.00 bits per heavy atom. The fraction of sp³-hybridized carbons (Fsp3) is 0.222. The summed E-state index contributed by atoms with van der Waals surface area (Å²) in [6.07, 6.45) is -1.22. The fourth-order valence-corrected chi connectivity index (χ4v) is 1.09. The first-order valence-electron chi connectivity index (χ1n) is 4.18. The van der Waals surface area contributed by atoms with Gasteiger partial charge in [-0.05, 0) is 23.7 Å². The largest absolute Gasteiger partial charge is 0.456 e. The van der Waals surface area contributed by atoms with Crippen LogP contribution in [0.5, 0.6) is 5.75 Å². The van der Waals surface area contributed by atoms with Gasteiger partial charge in [0.25, 0.3) is 17.2 Å². The molecule has 1 aromatic carbocycles. The topological polar surface area (TPSA) is 78.7 Å². The van der Waals surface area contributed by atoms with Crippen molar-refractivity contribution in [1.29, 1.82) is 0 Å². The minimum absolute atomic E-state index is 0.0708. The van der Waals surface area contributed by atoms with E-state index in [1.165, 1.54) is 31.4 Å². The molecule has 0 aromatic heterocycles. The van der Waals surface area contributed by atoms with Crippen LogP contribution in [0, 0.1) is 10.1 Å². The number of hydrogen-bond donors (Lipinski definition) is 0. The average molecular weight is 246 g/mol. The quantitative estimate of drug-likeness (QED) is 0.341. The number of ether oxygens (including phenoxy) is 2. The molecule has 0 heterocycles. The van der Waals surface area contributed by atoms with E-state index in [0.29, 0.717) is 0 Å². The maximum atomic E-state index is 10.8. The van der Waals surface area contributed by atoms with E-state index in [1.807, 2.05) is 0 Å². The van der Waals surface area contributed by atoms with Gasteiger partial charge in [0.15, 0.2) is 0 Å². The van der Waals surface area contributed by atoms with E-state index in [0.717, 1.165) is 0 Å². The lowest BCUT2D eigenvalue weighted by molar-refractivity contribution is -0.384. The number of non-ortho nitro benzene ring substituents is 1. The number of carbonyl (C=O) groups is 1. The maximum Gasteiger partial charge on any atom is 0.290 e. The highest BCUT2D eigenvalue weighted by atomic mass is 35.5. The van der Waals surface area contributed by atoms with E-state index < -0.39 is 16.5 Å². The maximum absolute atomic E-state index is 10.8. The second-order valence-electron chi connectivity index (χ2n) is 2.74. The van der Waals surface area contributed by atoms with Gasteiger partial charge in [-0.25, -0.2) is 0 Å². The molecular formula is C9H8ClNO5. The van der Waals surface area contributed by atoms with Gasteiger partial charge in [-0.15, -0.1) is 0 Å². The standard InChI is InChI=1S/C9H8ClNO5/c1-15-9(8(10)12)16-7-4-2-6(3-5-7)11(13)14/h2-5,9H,1H3. The normalized spacial score (nSPS) is 11.9. The third kappa shape index (κ3) is 3.18. The van der Waals surface area contributed by atoms with Crippen molar-refractivity contribution in [2.45, 2.75) is 6.29 Å². The minimum atomic E-state index is -1.22. The number of rotatable bonds is 5. The van der Waals surface area contributed by atoms with Crippen LogP contribution in [0.2, 0.25) is 0 Å². The zero-order valence-corrected chi connectivity index (χ0v) is 9.01. The highest BCUT2D eigenvalue weighted by molar-refractivity contribution is 6.64. The predicted molar refractivity (Wildman–Crippen MR) is 55.4 cm³/mol. The lowest BCUT2D eigenvalue weighted by Gasteiger charge is -2.12. The Labute approximate surface area is 95.9 Å². The summed E-state index contributed by atoms with van der Waals surface area (Å²) in [4.78, 5) is 20.6. The molecule has 0 aliphatic rings. The van der Waals surface area contributed by atoms with Gasteiger partial charge in [0.2, 0.25) is 0 Å². The molecule has 1 atom stereocenters. The Morgan fingerprint density at radius 3 is 2.38 bits per heavy atom. The first-order valence-corrected chi connectivity index (χ1v) is 4.55. The lowest BCUT2D eigenvalue weighted by Crippen LogP contribution is -2.25. The molecule has 0 radical (unpaired) electrons. The molecule has 0 N–H and O–H groups in total. The number of hydrogen-bond acceptors (Lipinski definition) is 5. The van der Waals surface area contributed by atoms with Gasteiger partial charge in [-0.3, -0.25) is 14.9 Å². The number of nitro benzene ring substituents is 1. The third-order valence-electron chi connectivity index (χ3n) is 1.69. The van der Waals surface area contributed by atoms with Gasteiger partial charge in [0.1, 0.15) is 5.75 Å². The first kappa shape index (κ1) is 12.4. The number of methoxy groups -OCH3 is 1. The smallest absolute Gasteiger partial charge is 0.290 e. The van der Waals surface area contributed by atoms with Crippen molar-refractivity contribution in [3.05, 3.63) is 34.4 Å². The SMILES string of the molecule is COC(Oc1ccc([N+](=O)[O-])cc1)C(=O)Cl. The van der Waals surface area contributed by atoms with Crippen molar-refractivity contribution < 1.29 is 19.2 Å². The summed E-state index contributed by atoms with van der Waals surface area (Å²) >= 11 is 5.18. The van der Waals surface area contributed by atoms with E-state index in [9.17, 15) is 14.9 Å². The summed E-state index contributed by atoms with van der Waals surface area (Å²) < 4.78 is 9.69. The van der Waals surface area contributed by atoms with Gasteiger partial charge < -0.3 is 9.47 Å². The van der Waals surface area contributed by atoms with Crippen molar-refractivity contribution in [2.24, 2.45) is 0 Å². The Morgan fingerprint density at radius 1 is 1.44 bits per heavy atom. The molecule has 0 bridgehead atoms. The molecule has 1 aromatic rings. The molecule has 86 valence electrons. The molecule has 0 saturated heterocycles. The van der Waals surface area contributed by atoms with Gasteiger partial charge in [0, 0.05) is 19.2 Å². The number of nitro groups is 1. The van der Waals surface area contributed by atoms with Crippen molar-refractivity contribution in [1.82, 2.24) is 0 Å². The van der Waals surface area contributed by atoms with Gasteiger partial charge in [0.05, 0.1) is 4.92 Å². The zero-order valence-electron chi connectivity index (χ0n) is 8.25. The summed E-state index contributed by atoms with van der Waals surface area (Å²) in [5.41, 5.74) is -0.0708. The molecule has 0 spiro atoms. The summed E-state index contributed by atoms with van der Waals surface area (Å²) in [5.74, 6) is 0.256. The highest BCUT2D eigenvalue weighted by Gasteiger charge is 2.17. The Bertz CT molecular complexity index is 391. The molecule has 0 amide bonds. The molecule has 1 rings (SSSR count). The Balaban J connectivity index is 2.75. The van der Waals surface area contributed by atoms with E-state index in [4.69, 9.17) is 16.3 Å². The second-order valence-corrected chi connectivity index (χ2v) is 3.11. The monoisotopic (exact) mass is 245 g/mol. The van der Waals surface area contributed by atoms with Crippen LogP contribution < -0.4 is 4.74 Å². The van der Waals surface area contributed by atoms with E-state index in [2.05, 4.69) is 4.74 Å². The van der Waals surface area contributed by atoms with Gasteiger partial charge >= 0.3 is 0 Å². The molecule has 0 saturated carbocycles. The molecule has 7 heteroatoms. The fourth-order valence-electron chi connectivity index (χ4n) is 0.957. The molecule has 1 unspecified atom stereocenters. The van der Waals surface area contributed by atoms with Crippen LogP contribution in [-0.2, 0) is 9.53 Å². The van der Waals surface area contributed by atoms with Gasteiger partial charge in [-0.1, -0.05) is 0 Å². The number of halogens is 1. The van der Waals surface area contributed by atoms with Crippen LogP contribution in [0.4, 0.5) is 5.69 Å². The van der Waals surface area contributed by atoms with Crippen LogP contribution in [0.25, 0.3) is 0 Å². The summed E-state index contributed by atoms with van der Waals surface area (Å²) in [7, 11) is 1.26. The van der Waals surface area contributed by atoms with E-state index >= 15 is 0 Å². The number of nitrogens with zero attached hydrogens (tertiary/aromatic N) is 1. The van der Waals surface area contributed by atoms with Gasteiger partial charge in [-0.2, -0.15) is 0 Å². The average Bonchev–Trinajstić information content (AvgIpc) is 2.26. The summed E-state index contributed by atoms with van der Waals surface area (Å²) in [6, 6.07) is 5.20. The van der Waals surface area contributed by atoms with Crippen molar-refractivity contribution in [2.75, 3.05) is 7.11 Å². The predicted octanol–water partition coefficient (Wildman–Crippen LogP) is 1.71.